The van der Waals surface area contributed by atoms with Crippen LogP contribution in [0.3, 0.4) is 0 Å². The van der Waals surface area contributed by atoms with Crippen LogP contribution in [0.4, 0.5) is 0 Å². The van der Waals surface area contributed by atoms with Crippen molar-refractivity contribution in [3.63, 3.8) is 0 Å². The average Bonchev–Trinajstić information content (AvgIpc) is 3.31. The normalized spacial score (nSPS) is 12.7. The van der Waals surface area contributed by atoms with E-state index in [1.165, 1.54) is 39.2 Å². The molecule has 0 N–H and O–H groups in total. The highest BCUT2D eigenvalue weighted by molar-refractivity contribution is 6.04. The summed E-state index contributed by atoms with van der Waals surface area (Å²) in [5, 5.41) is 1.19. The largest absolute Gasteiger partial charge is 0.271 e. The molecular weight excluding hydrogens is 320 g/mol. The molecule has 0 atom stereocenters. The zero-order valence-electron chi connectivity index (χ0n) is 14.4. The number of aryl methyl sites for hydroxylation is 1. The summed E-state index contributed by atoms with van der Waals surface area (Å²) in [7, 11) is 2.11. The maximum absolute atomic E-state index is 4.64. The highest BCUT2D eigenvalue weighted by atomic mass is 15.3. The van der Waals surface area contributed by atoms with E-state index in [1.54, 1.807) is 0 Å². The van der Waals surface area contributed by atoms with Crippen LogP contribution >= 0.6 is 0 Å². The Balaban J connectivity index is 1.87. The molecular formula is C22H17N4+. The molecule has 0 saturated carbocycles. The quantitative estimate of drug-likeness (QED) is 0.419. The summed E-state index contributed by atoms with van der Waals surface area (Å²) in [6, 6.07) is 23.5. The van der Waals surface area contributed by atoms with Crippen LogP contribution in [0, 0.1) is 0 Å². The Morgan fingerprint density at radius 1 is 0.923 bits per heavy atom. The lowest BCUT2D eigenvalue weighted by molar-refractivity contribution is -0.648. The minimum Gasteiger partial charge on any atom is -0.243 e. The number of hydrogen-bond donors (Lipinski definition) is 0. The smallest absolute Gasteiger partial charge is 0.243 e. The van der Waals surface area contributed by atoms with Crippen LogP contribution in [0.5, 0.6) is 0 Å². The Labute approximate surface area is 150 Å². The second-order valence-electron chi connectivity index (χ2n) is 6.84. The summed E-state index contributed by atoms with van der Waals surface area (Å²) in [6.45, 7) is 0.895. The third-order valence-corrected chi connectivity index (χ3v) is 5.44. The van der Waals surface area contributed by atoms with Crippen LogP contribution in [0.15, 0.2) is 72.9 Å². The first-order valence-corrected chi connectivity index (χ1v) is 8.86. The molecule has 4 heteroatoms. The monoisotopic (exact) mass is 337 g/mol. The fourth-order valence-corrected chi connectivity index (χ4v) is 4.38. The molecule has 4 nitrogen and oxygen atoms in total. The molecule has 0 aliphatic carbocycles. The van der Waals surface area contributed by atoms with Crippen molar-refractivity contribution < 1.29 is 4.57 Å². The molecule has 3 aromatic heterocycles. The number of imidazole rings is 1. The fourth-order valence-electron chi connectivity index (χ4n) is 4.38. The first kappa shape index (κ1) is 13.8. The zero-order valence-corrected chi connectivity index (χ0v) is 14.4. The van der Waals surface area contributed by atoms with E-state index in [4.69, 9.17) is 0 Å². The molecule has 4 heterocycles. The Morgan fingerprint density at radius 2 is 1.73 bits per heavy atom. The summed E-state index contributed by atoms with van der Waals surface area (Å²) >= 11 is 0. The summed E-state index contributed by atoms with van der Waals surface area (Å²) in [6.07, 6.45) is 1.87. The molecule has 26 heavy (non-hydrogen) atoms. The standard InChI is InChI=1S/C22H17N4/c1-24-20-18(12-7-13-23-20)19-22(24)25-14-15-8-5-6-11-17(15)21(25)26(19)16-9-3-2-4-10-16/h2-13H,14H2,1H3/q+1. The zero-order chi connectivity index (χ0) is 17.3. The average molecular weight is 337 g/mol. The number of nitrogens with zero attached hydrogens (tertiary/aromatic N) is 4. The Bertz CT molecular complexity index is 1310. The van der Waals surface area contributed by atoms with E-state index in [2.05, 4.69) is 86.4 Å². The summed E-state index contributed by atoms with van der Waals surface area (Å²) < 4.78 is 7.04. The SMILES string of the molecule is Cn1c2ncccc2c2c1[n+]1c(n2-c2ccccc2)-c2ccccc2C1. The first-order chi connectivity index (χ1) is 12.8. The van der Waals surface area contributed by atoms with Gasteiger partial charge in [-0.2, -0.15) is 0 Å². The van der Waals surface area contributed by atoms with E-state index >= 15 is 0 Å². The van der Waals surface area contributed by atoms with Gasteiger partial charge in [0.2, 0.25) is 11.5 Å². The van der Waals surface area contributed by atoms with Crippen molar-refractivity contribution in [2.45, 2.75) is 6.54 Å². The molecule has 0 fully saturated rings. The molecule has 1 aliphatic heterocycles. The maximum Gasteiger partial charge on any atom is 0.271 e. The number of rotatable bonds is 1. The van der Waals surface area contributed by atoms with Gasteiger partial charge in [-0.25, -0.2) is 18.7 Å². The van der Waals surface area contributed by atoms with E-state index in [1.807, 2.05) is 12.3 Å². The number of benzene rings is 2. The van der Waals surface area contributed by atoms with Crippen LogP contribution in [-0.4, -0.2) is 14.1 Å². The third-order valence-electron chi connectivity index (χ3n) is 5.44. The molecule has 6 rings (SSSR count). The highest BCUT2D eigenvalue weighted by Crippen LogP contribution is 2.37. The number of pyridine rings is 1. The lowest BCUT2D eigenvalue weighted by Crippen LogP contribution is -2.33. The van der Waals surface area contributed by atoms with Crippen molar-refractivity contribution in [3.05, 3.63) is 78.5 Å². The lowest BCUT2D eigenvalue weighted by atomic mass is 10.1. The lowest BCUT2D eigenvalue weighted by Gasteiger charge is -2.04. The summed E-state index contributed by atoms with van der Waals surface area (Å²) in [4.78, 5) is 4.64. The van der Waals surface area contributed by atoms with Crippen molar-refractivity contribution in [1.82, 2.24) is 14.1 Å². The van der Waals surface area contributed by atoms with Crippen LogP contribution in [-0.2, 0) is 13.6 Å². The van der Waals surface area contributed by atoms with Gasteiger partial charge in [0, 0.05) is 11.8 Å². The van der Waals surface area contributed by atoms with Gasteiger partial charge in [-0.15, -0.1) is 0 Å². The molecule has 0 amide bonds. The minimum atomic E-state index is 0.895. The molecule has 0 spiro atoms. The van der Waals surface area contributed by atoms with Gasteiger partial charge in [0.1, 0.15) is 5.69 Å². The van der Waals surface area contributed by atoms with Gasteiger partial charge in [0.05, 0.1) is 24.5 Å². The van der Waals surface area contributed by atoms with E-state index in [-0.39, 0.29) is 0 Å². The molecule has 0 unspecified atom stereocenters. The van der Waals surface area contributed by atoms with Gasteiger partial charge in [0.15, 0.2) is 5.52 Å². The second kappa shape index (κ2) is 4.82. The fraction of sp³-hybridized carbons (Fsp3) is 0.0909. The topological polar surface area (TPSA) is 26.6 Å². The van der Waals surface area contributed by atoms with Gasteiger partial charge >= 0.3 is 0 Å². The van der Waals surface area contributed by atoms with Gasteiger partial charge < -0.3 is 0 Å². The van der Waals surface area contributed by atoms with Crippen molar-refractivity contribution in [2.75, 3.05) is 0 Å². The predicted molar refractivity (Wildman–Crippen MR) is 102 cm³/mol. The number of aromatic nitrogens is 4. The first-order valence-electron chi connectivity index (χ1n) is 8.86. The minimum absolute atomic E-state index is 0.895. The van der Waals surface area contributed by atoms with E-state index in [0.717, 1.165) is 12.2 Å². The van der Waals surface area contributed by atoms with Crippen molar-refractivity contribution >= 4 is 22.2 Å². The molecule has 2 aromatic carbocycles. The molecule has 1 aliphatic rings. The summed E-state index contributed by atoms with van der Waals surface area (Å²) in [5.41, 5.74) is 7.32. The van der Waals surface area contributed by atoms with E-state index in [0.29, 0.717) is 0 Å². The second-order valence-corrected chi connectivity index (χ2v) is 6.84. The highest BCUT2D eigenvalue weighted by Gasteiger charge is 2.36. The Morgan fingerprint density at radius 3 is 2.62 bits per heavy atom. The number of hydrogen-bond acceptors (Lipinski definition) is 1. The van der Waals surface area contributed by atoms with Crippen LogP contribution in [0.25, 0.3) is 39.3 Å². The van der Waals surface area contributed by atoms with Crippen molar-refractivity contribution in [3.8, 4) is 17.1 Å². The van der Waals surface area contributed by atoms with E-state index in [9.17, 15) is 0 Å². The van der Waals surface area contributed by atoms with Crippen LogP contribution in [0.2, 0.25) is 0 Å². The van der Waals surface area contributed by atoms with Crippen molar-refractivity contribution in [1.29, 1.82) is 0 Å². The Kier molecular flexibility index (Phi) is 2.57. The van der Waals surface area contributed by atoms with Gasteiger partial charge in [0.25, 0.3) is 5.65 Å². The van der Waals surface area contributed by atoms with E-state index < -0.39 is 0 Å². The maximum atomic E-state index is 4.64. The van der Waals surface area contributed by atoms with Crippen LogP contribution in [0.1, 0.15) is 5.56 Å². The van der Waals surface area contributed by atoms with Gasteiger partial charge in [-0.1, -0.05) is 36.4 Å². The van der Waals surface area contributed by atoms with Crippen molar-refractivity contribution in [2.24, 2.45) is 7.05 Å². The van der Waals surface area contributed by atoms with Gasteiger partial charge in [-0.3, -0.25) is 0 Å². The molecule has 0 saturated heterocycles. The molecule has 5 aromatic rings. The summed E-state index contributed by atoms with van der Waals surface area (Å²) in [5.74, 6) is 1.25. The molecule has 124 valence electrons. The Hall–Kier alpha value is -3.40. The van der Waals surface area contributed by atoms with Gasteiger partial charge in [-0.05, 0) is 30.3 Å². The number of fused-ring (bicyclic) bond motifs is 7. The third kappa shape index (κ3) is 1.59. The number of para-hydroxylation sites is 1. The molecule has 0 radical (unpaired) electrons. The predicted octanol–water partition coefficient (Wildman–Crippen LogP) is 3.83. The molecule has 0 bridgehead atoms. The van der Waals surface area contributed by atoms with Crippen LogP contribution < -0.4 is 4.57 Å².